The molecule has 0 saturated heterocycles. The van der Waals surface area contributed by atoms with E-state index in [1.54, 1.807) is 0 Å². The van der Waals surface area contributed by atoms with Crippen LogP contribution < -0.4 is 32.7 Å². The lowest BCUT2D eigenvalue weighted by atomic mass is 10.1. The molecule has 4 amide bonds. The third-order valence-electron chi connectivity index (χ3n) is 5.08. The van der Waals surface area contributed by atoms with Crippen molar-refractivity contribution in [2.24, 2.45) is 11.5 Å². The lowest BCUT2D eigenvalue weighted by Crippen LogP contribution is -2.57. The molecule has 0 spiro atoms. The molecule has 0 fully saturated rings. The highest BCUT2D eigenvalue weighted by atomic mass is 16.4. The number of amides is 4. The van der Waals surface area contributed by atoms with E-state index in [4.69, 9.17) is 21.7 Å². The monoisotopic (exact) mass is 532 g/mol. The van der Waals surface area contributed by atoms with Gasteiger partial charge < -0.3 is 48.1 Å². The maximum Gasteiger partial charge on any atom is 0.326 e. The largest absolute Gasteiger partial charge is 0.481 e. The molecule has 0 aliphatic carbocycles. The molecule has 0 aromatic rings. The molecule has 0 aromatic carbocycles. The molecule has 0 rings (SSSR count). The van der Waals surface area contributed by atoms with Gasteiger partial charge in [0.1, 0.15) is 24.2 Å². The molecule has 0 aromatic heterocycles. The van der Waals surface area contributed by atoms with Crippen molar-refractivity contribution in [2.75, 3.05) is 6.54 Å². The summed E-state index contributed by atoms with van der Waals surface area (Å²) in [6.45, 7) is 2.86. The van der Waals surface area contributed by atoms with Crippen molar-refractivity contribution in [1.82, 2.24) is 21.3 Å². The van der Waals surface area contributed by atoms with Crippen molar-refractivity contribution < 1.29 is 48.9 Å². The first kappa shape index (κ1) is 33.2. The van der Waals surface area contributed by atoms with Crippen LogP contribution in [0.25, 0.3) is 0 Å². The summed E-state index contributed by atoms with van der Waals surface area (Å²) in [6.07, 6.45) is -0.437. The predicted octanol–water partition coefficient (Wildman–Crippen LogP) is -3.15. The summed E-state index contributed by atoms with van der Waals surface area (Å²) in [4.78, 5) is 82.6. The number of hydrogen-bond acceptors (Lipinski definition) is 9. The lowest BCUT2D eigenvalue weighted by Gasteiger charge is -2.24. The molecule has 0 heterocycles. The van der Waals surface area contributed by atoms with Crippen LogP contribution in [0.5, 0.6) is 0 Å². The molecule has 210 valence electrons. The maximum atomic E-state index is 12.7. The van der Waals surface area contributed by atoms with Gasteiger partial charge in [-0.3, -0.25) is 28.8 Å². The molecule has 16 heteroatoms. The Morgan fingerprint density at radius 3 is 1.65 bits per heavy atom. The zero-order valence-corrected chi connectivity index (χ0v) is 20.7. The number of carbonyl (C=O) groups excluding carboxylic acids is 4. The summed E-state index contributed by atoms with van der Waals surface area (Å²) >= 11 is 0. The number of unbranched alkanes of at least 4 members (excludes halogenated alkanes) is 1. The SMILES string of the molecule is C[C@H](NC(=O)[C@H](CCC(=O)O)NC(=O)[C@H](C)NC(=O)[C@@H](N)CC(=O)O)C(=O)N[C@@H](CCCCN)C(=O)O. The summed E-state index contributed by atoms with van der Waals surface area (Å²) in [5.41, 5.74) is 10.8. The van der Waals surface area contributed by atoms with Crippen LogP contribution >= 0.6 is 0 Å². The van der Waals surface area contributed by atoms with Crippen molar-refractivity contribution in [1.29, 1.82) is 0 Å². The molecule has 0 bridgehead atoms. The first-order chi connectivity index (χ1) is 17.2. The van der Waals surface area contributed by atoms with Crippen LogP contribution in [0.3, 0.4) is 0 Å². The molecule has 0 radical (unpaired) electrons. The fourth-order valence-electron chi connectivity index (χ4n) is 2.93. The van der Waals surface area contributed by atoms with Crippen LogP contribution in [-0.4, -0.2) is 93.6 Å². The minimum absolute atomic E-state index is 0.121. The minimum Gasteiger partial charge on any atom is -0.481 e. The minimum atomic E-state index is -1.43. The van der Waals surface area contributed by atoms with Gasteiger partial charge in [-0.25, -0.2) is 4.79 Å². The molecule has 0 aliphatic rings. The zero-order valence-electron chi connectivity index (χ0n) is 20.7. The first-order valence-corrected chi connectivity index (χ1v) is 11.5. The van der Waals surface area contributed by atoms with Crippen LogP contribution in [0.4, 0.5) is 0 Å². The first-order valence-electron chi connectivity index (χ1n) is 11.5. The average Bonchev–Trinajstić information content (AvgIpc) is 2.79. The van der Waals surface area contributed by atoms with Crippen molar-refractivity contribution >= 4 is 41.5 Å². The van der Waals surface area contributed by atoms with E-state index in [1.807, 2.05) is 0 Å². The van der Waals surface area contributed by atoms with E-state index >= 15 is 0 Å². The molecule has 16 nitrogen and oxygen atoms in total. The number of nitrogens with two attached hydrogens (primary N) is 2. The molecule has 0 saturated carbocycles. The Morgan fingerprint density at radius 2 is 1.19 bits per heavy atom. The van der Waals surface area contributed by atoms with Gasteiger partial charge in [0.25, 0.3) is 0 Å². The summed E-state index contributed by atoms with van der Waals surface area (Å²) in [6, 6.07) is -6.57. The van der Waals surface area contributed by atoms with Gasteiger partial charge in [0, 0.05) is 6.42 Å². The van der Waals surface area contributed by atoms with E-state index in [0.717, 1.165) is 0 Å². The van der Waals surface area contributed by atoms with Crippen LogP contribution in [0.15, 0.2) is 0 Å². The highest BCUT2D eigenvalue weighted by molar-refractivity contribution is 5.95. The second-order valence-electron chi connectivity index (χ2n) is 8.34. The van der Waals surface area contributed by atoms with Gasteiger partial charge in [0.15, 0.2) is 0 Å². The Hall–Kier alpha value is -3.79. The molecular weight excluding hydrogens is 496 g/mol. The number of carbonyl (C=O) groups is 7. The maximum absolute atomic E-state index is 12.7. The Kier molecular flexibility index (Phi) is 15.1. The van der Waals surface area contributed by atoms with Gasteiger partial charge in [-0.1, -0.05) is 0 Å². The van der Waals surface area contributed by atoms with E-state index < -0.39 is 84.6 Å². The molecule has 37 heavy (non-hydrogen) atoms. The van der Waals surface area contributed by atoms with E-state index in [-0.39, 0.29) is 12.8 Å². The Labute approximate surface area is 212 Å². The molecule has 0 aliphatic heterocycles. The summed E-state index contributed by atoms with van der Waals surface area (Å²) in [7, 11) is 0. The van der Waals surface area contributed by atoms with Gasteiger partial charge in [-0.15, -0.1) is 0 Å². The molecule has 5 atom stereocenters. The quantitative estimate of drug-likeness (QED) is 0.0791. The third-order valence-corrected chi connectivity index (χ3v) is 5.08. The van der Waals surface area contributed by atoms with Gasteiger partial charge in [-0.2, -0.15) is 0 Å². The lowest BCUT2D eigenvalue weighted by molar-refractivity contribution is -0.142. The zero-order chi connectivity index (χ0) is 28.7. The Morgan fingerprint density at radius 1 is 0.676 bits per heavy atom. The molecule has 0 unspecified atom stereocenters. The summed E-state index contributed by atoms with van der Waals surface area (Å²) in [5, 5.41) is 36.0. The topological polar surface area (TPSA) is 280 Å². The van der Waals surface area contributed by atoms with E-state index in [9.17, 15) is 38.7 Å². The third kappa shape index (κ3) is 13.8. The van der Waals surface area contributed by atoms with Crippen LogP contribution in [0.1, 0.15) is 52.4 Å². The van der Waals surface area contributed by atoms with Crippen LogP contribution in [0.2, 0.25) is 0 Å². The number of aliphatic carboxylic acids is 3. The van der Waals surface area contributed by atoms with Crippen LogP contribution in [-0.2, 0) is 33.6 Å². The molecular formula is C21H36N6O10. The standard InChI is InChI=1S/C21H36N6O10/c1-10(24-19(34)12(23)9-16(30)31)17(32)26-13(6-7-15(28)29)20(35)25-11(2)18(33)27-14(21(36)37)5-3-4-8-22/h10-14H,3-9,22-23H2,1-2H3,(H,24,34)(H,25,35)(H,26,32)(H,27,33)(H,28,29)(H,30,31)(H,36,37)/t10-,11-,12-,13-,14-/m0/s1. The predicted molar refractivity (Wildman–Crippen MR) is 127 cm³/mol. The van der Waals surface area contributed by atoms with E-state index in [0.29, 0.717) is 19.4 Å². The van der Waals surface area contributed by atoms with Gasteiger partial charge >= 0.3 is 17.9 Å². The fourth-order valence-corrected chi connectivity index (χ4v) is 2.93. The summed E-state index contributed by atoms with van der Waals surface area (Å²) < 4.78 is 0. The number of carboxylic acid groups (broad SMARTS) is 3. The van der Waals surface area contributed by atoms with Crippen molar-refractivity contribution in [3.8, 4) is 0 Å². The van der Waals surface area contributed by atoms with Gasteiger partial charge in [0.05, 0.1) is 12.5 Å². The molecule has 11 N–H and O–H groups in total. The number of carboxylic acids is 3. The van der Waals surface area contributed by atoms with Crippen molar-refractivity contribution in [3.63, 3.8) is 0 Å². The Bertz CT molecular complexity index is 852. The van der Waals surface area contributed by atoms with Crippen LogP contribution in [0, 0.1) is 0 Å². The second-order valence-corrected chi connectivity index (χ2v) is 8.34. The number of hydrogen-bond donors (Lipinski definition) is 9. The smallest absolute Gasteiger partial charge is 0.326 e. The van der Waals surface area contributed by atoms with E-state index in [1.165, 1.54) is 13.8 Å². The number of rotatable bonds is 18. The van der Waals surface area contributed by atoms with E-state index in [2.05, 4.69) is 21.3 Å². The average molecular weight is 533 g/mol. The fraction of sp³-hybridized carbons (Fsp3) is 0.667. The normalized spacial score (nSPS) is 14.7. The highest BCUT2D eigenvalue weighted by Gasteiger charge is 2.29. The highest BCUT2D eigenvalue weighted by Crippen LogP contribution is 2.03. The van der Waals surface area contributed by atoms with Crippen molar-refractivity contribution in [2.45, 2.75) is 82.6 Å². The summed E-state index contributed by atoms with van der Waals surface area (Å²) in [5.74, 6) is -7.42. The van der Waals surface area contributed by atoms with Gasteiger partial charge in [0.2, 0.25) is 23.6 Å². The second kappa shape index (κ2) is 16.8. The van der Waals surface area contributed by atoms with Crippen molar-refractivity contribution in [3.05, 3.63) is 0 Å². The Balaban J connectivity index is 5.21. The number of nitrogens with one attached hydrogen (secondary N) is 4. The van der Waals surface area contributed by atoms with Gasteiger partial charge in [-0.05, 0) is 46.1 Å².